The highest BCUT2D eigenvalue weighted by atomic mass is 19.3. The predicted octanol–water partition coefficient (Wildman–Crippen LogP) is 3.18. The number of pyridine rings is 1. The van der Waals surface area contributed by atoms with Crippen molar-refractivity contribution < 1.29 is 13.5 Å². The van der Waals surface area contributed by atoms with Crippen LogP contribution in [0.25, 0.3) is 0 Å². The van der Waals surface area contributed by atoms with Crippen molar-refractivity contribution in [2.45, 2.75) is 52.6 Å². The molecule has 0 unspecified atom stereocenters. The summed E-state index contributed by atoms with van der Waals surface area (Å²) in [7, 11) is 0. The van der Waals surface area contributed by atoms with Crippen LogP contribution >= 0.6 is 0 Å². The zero-order valence-corrected chi connectivity index (χ0v) is 11.7. The van der Waals surface area contributed by atoms with Crippen LogP contribution in [0, 0.1) is 0 Å². The third kappa shape index (κ3) is 6.47. The molecule has 1 aromatic rings. The Kier molecular flexibility index (Phi) is 6.70. The molecule has 0 aromatic carbocycles. The van der Waals surface area contributed by atoms with Crippen LogP contribution < -0.4 is 10.1 Å². The lowest BCUT2D eigenvalue weighted by Gasteiger charge is -2.12. The first-order valence-corrected chi connectivity index (χ1v) is 6.65. The van der Waals surface area contributed by atoms with Gasteiger partial charge in [-0.1, -0.05) is 27.2 Å². The minimum absolute atomic E-state index is 0.284. The van der Waals surface area contributed by atoms with Gasteiger partial charge in [-0.15, -0.1) is 0 Å². The fourth-order valence-electron chi connectivity index (χ4n) is 1.65. The fourth-order valence-corrected chi connectivity index (χ4v) is 1.65. The molecule has 0 saturated carbocycles. The van der Waals surface area contributed by atoms with Crippen molar-refractivity contribution in [3.8, 4) is 5.88 Å². The first-order valence-electron chi connectivity index (χ1n) is 6.65. The second-order valence-corrected chi connectivity index (χ2v) is 4.79. The maximum atomic E-state index is 12.2. The van der Waals surface area contributed by atoms with E-state index in [1.54, 1.807) is 6.07 Å². The third-order valence-electron chi connectivity index (χ3n) is 2.49. The number of nitrogens with one attached hydrogen (secondary N) is 1. The van der Waals surface area contributed by atoms with Crippen molar-refractivity contribution in [3.05, 3.63) is 23.4 Å². The predicted molar refractivity (Wildman–Crippen MR) is 71.7 cm³/mol. The number of ether oxygens (including phenoxy) is 1. The van der Waals surface area contributed by atoms with Crippen LogP contribution in [0.5, 0.6) is 5.88 Å². The molecule has 19 heavy (non-hydrogen) atoms. The van der Waals surface area contributed by atoms with Crippen LogP contribution in [0.1, 0.15) is 38.4 Å². The van der Waals surface area contributed by atoms with E-state index in [0.29, 0.717) is 12.6 Å². The van der Waals surface area contributed by atoms with Crippen molar-refractivity contribution in [1.29, 1.82) is 0 Å². The molecular weight excluding hydrogens is 250 g/mol. The van der Waals surface area contributed by atoms with E-state index >= 15 is 0 Å². The Morgan fingerprint density at radius 1 is 1.32 bits per heavy atom. The molecule has 3 nitrogen and oxygen atoms in total. The topological polar surface area (TPSA) is 34.1 Å². The molecule has 1 heterocycles. The molecule has 0 atom stereocenters. The molecule has 0 amide bonds. The molecule has 0 saturated heterocycles. The Balaban J connectivity index is 2.77. The van der Waals surface area contributed by atoms with Crippen molar-refractivity contribution in [2.75, 3.05) is 6.61 Å². The summed E-state index contributed by atoms with van der Waals surface area (Å²) in [5, 5.41) is 3.29. The SMILES string of the molecule is CCCc1cc(CNC(C)C)cc(OCC(F)F)n1. The number of hydrogen-bond donors (Lipinski definition) is 1. The maximum Gasteiger partial charge on any atom is 0.272 e. The highest BCUT2D eigenvalue weighted by Crippen LogP contribution is 2.15. The molecule has 0 bridgehead atoms. The molecule has 5 heteroatoms. The Morgan fingerprint density at radius 2 is 2.05 bits per heavy atom. The molecule has 108 valence electrons. The van der Waals surface area contributed by atoms with Gasteiger partial charge in [0.15, 0.2) is 6.61 Å². The van der Waals surface area contributed by atoms with E-state index < -0.39 is 13.0 Å². The Morgan fingerprint density at radius 3 is 2.63 bits per heavy atom. The van der Waals surface area contributed by atoms with Crippen LogP contribution in [0.15, 0.2) is 12.1 Å². The number of hydrogen-bond acceptors (Lipinski definition) is 3. The van der Waals surface area contributed by atoms with E-state index in [4.69, 9.17) is 4.74 Å². The van der Waals surface area contributed by atoms with Gasteiger partial charge in [0.2, 0.25) is 5.88 Å². The Hall–Kier alpha value is -1.23. The van der Waals surface area contributed by atoms with Gasteiger partial charge in [-0.25, -0.2) is 13.8 Å². The van der Waals surface area contributed by atoms with Gasteiger partial charge in [-0.3, -0.25) is 0 Å². The van der Waals surface area contributed by atoms with Crippen LogP contribution in [0.2, 0.25) is 0 Å². The van der Waals surface area contributed by atoms with Crippen LogP contribution in [0.3, 0.4) is 0 Å². The minimum Gasteiger partial charge on any atom is -0.472 e. The Bertz CT molecular complexity index is 353. The van der Waals surface area contributed by atoms with Crippen LogP contribution in [-0.4, -0.2) is 24.1 Å². The molecule has 0 aliphatic carbocycles. The van der Waals surface area contributed by atoms with Crippen molar-refractivity contribution in [1.82, 2.24) is 10.3 Å². The lowest BCUT2D eigenvalue weighted by Crippen LogP contribution is -2.22. The van der Waals surface area contributed by atoms with E-state index in [1.165, 1.54) is 0 Å². The minimum atomic E-state index is -2.48. The van der Waals surface area contributed by atoms with Crippen molar-refractivity contribution in [2.24, 2.45) is 0 Å². The van der Waals surface area contributed by atoms with Gasteiger partial charge in [0.1, 0.15) is 0 Å². The van der Waals surface area contributed by atoms with Crippen molar-refractivity contribution >= 4 is 0 Å². The number of aryl methyl sites for hydroxylation is 1. The summed E-state index contributed by atoms with van der Waals surface area (Å²) < 4.78 is 29.3. The highest BCUT2D eigenvalue weighted by Gasteiger charge is 2.08. The molecule has 1 rings (SSSR count). The molecule has 0 fully saturated rings. The van der Waals surface area contributed by atoms with Gasteiger partial charge < -0.3 is 10.1 Å². The lowest BCUT2D eigenvalue weighted by atomic mass is 10.1. The number of halogens is 2. The quantitative estimate of drug-likeness (QED) is 0.789. The summed E-state index contributed by atoms with van der Waals surface area (Å²) in [5.74, 6) is 0.284. The summed E-state index contributed by atoms with van der Waals surface area (Å²) >= 11 is 0. The normalized spacial score (nSPS) is 11.3. The molecule has 0 spiro atoms. The van der Waals surface area contributed by atoms with Crippen molar-refractivity contribution in [3.63, 3.8) is 0 Å². The van der Waals surface area contributed by atoms with E-state index in [-0.39, 0.29) is 5.88 Å². The van der Waals surface area contributed by atoms with E-state index in [0.717, 1.165) is 24.1 Å². The number of alkyl halides is 2. The molecule has 1 N–H and O–H groups in total. The third-order valence-corrected chi connectivity index (χ3v) is 2.49. The summed E-state index contributed by atoms with van der Waals surface area (Å²) in [6, 6.07) is 4.08. The largest absolute Gasteiger partial charge is 0.472 e. The average molecular weight is 272 g/mol. The summed E-state index contributed by atoms with van der Waals surface area (Å²) in [6.07, 6.45) is -0.697. The van der Waals surface area contributed by atoms with Crippen LogP contribution in [-0.2, 0) is 13.0 Å². The Labute approximate surface area is 113 Å². The van der Waals surface area contributed by atoms with Gasteiger partial charge in [0, 0.05) is 24.3 Å². The molecular formula is C14H22F2N2O. The molecule has 0 radical (unpaired) electrons. The van der Waals surface area contributed by atoms with E-state index in [9.17, 15) is 8.78 Å². The summed E-state index contributed by atoms with van der Waals surface area (Å²) in [5.41, 5.74) is 1.89. The average Bonchev–Trinajstić information content (AvgIpc) is 2.34. The van der Waals surface area contributed by atoms with E-state index in [1.807, 2.05) is 6.07 Å². The smallest absolute Gasteiger partial charge is 0.272 e. The fraction of sp³-hybridized carbons (Fsp3) is 0.643. The first kappa shape index (κ1) is 15.8. The number of aromatic nitrogens is 1. The van der Waals surface area contributed by atoms with Gasteiger partial charge in [0.25, 0.3) is 6.43 Å². The van der Waals surface area contributed by atoms with Gasteiger partial charge in [0.05, 0.1) is 0 Å². The zero-order chi connectivity index (χ0) is 14.3. The molecule has 0 aliphatic heterocycles. The number of nitrogens with zero attached hydrogens (tertiary/aromatic N) is 1. The second kappa shape index (κ2) is 8.04. The summed E-state index contributed by atoms with van der Waals surface area (Å²) in [4.78, 5) is 4.24. The summed E-state index contributed by atoms with van der Waals surface area (Å²) in [6.45, 7) is 6.24. The monoisotopic (exact) mass is 272 g/mol. The molecule has 1 aromatic heterocycles. The lowest BCUT2D eigenvalue weighted by molar-refractivity contribution is 0.0794. The maximum absolute atomic E-state index is 12.2. The zero-order valence-electron chi connectivity index (χ0n) is 11.7. The van der Waals surface area contributed by atoms with E-state index in [2.05, 4.69) is 31.1 Å². The van der Waals surface area contributed by atoms with Gasteiger partial charge in [-0.2, -0.15) is 0 Å². The first-order chi connectivity index (χ1) is 9.01. The standard InChI is InChI=1S/C14H22F2N2O/c1-4-5-12-6-11(8-17-10(2)3)7-14(18-12)19-9-13(15)16/h6-7,10,13,17H,4-5,8-9H2,1-3H3. The van der Waals surface area contributed by atoms with Gasteiger partial charge >= 0.3 is 0 Å². The highest BCUT2D eigenvalue weighted by molar-refractivity contribution is 5.25. The second-order valence-electron chi connectivity index (χ2n) is 4.79. The number of rotatable bonds is 8. The molecule has 0 aliphatic rings. The van der Waals surface area contributed by atoms with Gasteiger partial charge in [-0.05, 0) is 18.1 Å². The van der Waals surface area contributed by atoms with Crippen LogP contribution in [0.4, 0.5) is 8.78 Å².